The molecule has 0 aromatic rings. The van der Waals surface area contributed by atoms with Crippen LogP contribution in [0.4, 0.5) is 0 Å². The lowest BCUT2D eigenvalue weighted by atomic mass is 10.2. The van der Waals surface area contributed by atoms with Gasteiger partial charge in [-0.1, -0.05) is 32.6 Å². The highest BCUT2D eigenvalue weighted by atomic mass is 16.5. The molecule has 0 heterocycles. The number of carbonyl (C=O) groups is 1. The number of unbranched alkanes of at least 4 members (excludes halogenated alkanes) is 4. The van der Waals surface area contributed by atoms with Gasteiger partial charge in [0.15, 0.2) is 0 Å². The van der Waals surface area contributed by atoms with Crippen LogP contribution in [0.5, 0.6) is 0 Å². The van der Waals surface area contributed by atoms with E-state index in [1.165, 1.54) is 19.3 Å². The number of esters is 1. The van der Waals surface area contributed by atoms with Crippen molar-refractivity contribution in [1.29, 1.82) is 5.41 Å². The maximum absolute atomic E-state index is 11.0. The van der Waals surface area contributed by atoms with Crippen molar-refractivity contribution in [2.24, 2.45) is 0 Å². The van der Waals surface area contributed by atoms with Crippen LogP contribution < -0.4 is 0 Å². The lowest BCUT2D eigenvalue weighted by Crippen LogP contribution is -2.09. The third-order valence-corrected chi connectivity index (χ3v) is 1.92. The molecular weight excluding hydrogens is 178 g/mol. The van der Waals surface area contributed by atoms with Crippen LogP contribution in [0.15, 0.2) is 0 Å². The minimum atomic E-state index is -0.270. The summed E-state index contributed by atoms with van der Waals surface area (Å²) in [6, 6.07) is 0. The second kappa shape index (κ2) is 8.73. The molecule has 0 radical (unpaired) electrons. The van der Waals surface area contributed by atoms with E-state index in [2.05, 4.69) is 6.92 Å². The summed E-state index contributed by atoms with van der Waals surface area (Å²) in [6.07, 6.45) is 5.92. The van der Waals surface area contributed by atoms with E-state index in [9.17, 15) is 4.79 Å². The molecule has 0 fully saturated rings. The van der Waals surface area contributed by atoms with Crippen molar-refractivity contribution in [3.8, 4) is 0 Å². The van der Waals surface area contributed by atoms with Gasteiger partial charge in [0.1, 0.15) is 0 Å². The SMILES string of the molecule is CCCCCCCOC(=O)CC(C)=N. The molecule has 3 nitrogen and oxygen atoms in total. The Balaban J connectivity index is 3.19. The molecule has 1 N–H and O–H groups in total. The second-order valence-electron chi connectivity index (χ2n) is 3.59. The molecule has 0 aliphatic heterocycles. The van der Waals surface area contributed by atoms with Gasteiger partial charge in [0.25, 0.3) is 0 Å². The van der Waals surface area contributed by atoms with Crippen molar-refractivity contribution >= 4 is 11.7 Å². The van der Waals surface area contributed by atoms with Gasteiger partial charge in [-0.15, -0.1) is 0 Å². The van der Waals surface area contributed by atoms with Gasteiger partial charge < -0.3 is 10.1 Å². The van der Waals surface area contributed by atoms with Crippen LogP contribution >= 0.6 is 0 Å². The summed E-state index contributed by atoms with van der Waals surface area (Å²) in [5.74, 6) is -0.270. The molecule has 0 aliphatic rings. The maximum atomic E-state index is 11.0. The van der Waals surface area contributed by atoms with E-state index in [-0.39, 0.29) is 12.4 Å². The number of hydrogen-bond acceptors (Lipinski definition) is 3. The van der Waals surface area contributed by atoms with Crippen molar-refractivity contribution in [3.63, 3.8) is 0 Å². The molecular formula is C11H21NO2. The van der Waals surface area contributed by atoms with Gasteiger partial charge in [0, 0.05) is 5.71 Å². The molecule has 0 aromatic carbocycles. The minimum absolute atomic E-state index is 0.134. The van der Waals surface area contributed by atoms with Gasteiger partial charge in [-0.25, -0.2) is 0 Å². The number of rotatable bonds is 8. The van der Waals surface area contributed by atoms with Gasteiger partial charge in [-0.3, -0.25) is 4.79 Å². The van der Waals surface area contributed by atoms with Crippen molar-refractivity contribution in [2.75, 3.05) is 6.61 Å². The molecule has 0 amide bonds. The zero-order valence-electron chi connectivity index (χ0n) is 9.27. The lowest BCUT2D eigenvalue weighted by molar-refractivity contribution is -0.142. The first-order valence-electron chi connectivity index (χ1n) is 5.36. The van der Waals surface area contributed by atoms with Crippen LogP contribution in [0.2, 0.25) is 0 Å². The summed E-state index contributed by atoms with van der Waals surface area (Å²) in [6.45, 7) is 4.30. The highest BCUT2D eigenvalue weighted by molar-refractivity contribution is 5.95. The molecule has 0 saturated heterocycles. The van der Waals surface area contributed by atoms with Crippen molar-refractivity contribution < 1.29 is 9.53 Å². The van der Waals surface area contributed by atoms with E-state index >= 15 is 0 Å². The molecule has 0 aromatic heterocycles. The largest absolute Gasteiger partial charge is 0.465 e. The van der Waals surface area contributed by atoms with Crippen molar-refractivity contribution in [3.05, 3.63) is 0 Å². The highest BCUT2D eigenvalue weighted by Gasteiger charge is 2.02. The van der Waals surface area contributed by atoms with Crippen LogP contribution in [-0.2, 0) is 9.53 Å². The van der Waals surface area contributed by atoms with Gasteiger partial charge in [-0.2, -0.15) is 0 Å². The topological polar surface area (TPSA) is 50.2 Å². The smallest absolute Gasteiger partial charge is 0.311 e. The summed E-state index contributed by atoms with van der Waals surface area (Å²) >= 11 is 0. The quantitative estimate of drug-likeness (QED) is 0.371. The molecule has 0 unspecified atom stereocenters. The van der Waals surface area contributed by atoms with Gasteiger partial charge in [0.2, 0.25) is 0 Å². The van der Waals surface area contributed by atoms with Gasteiger partial charge in [-0.05, 0) is 13.3 Å². The summed E-state index contributed by atoms with van der Waals surface area (Å²) < 4.78 is 4.95. The second-order valence-corrected chi connectivity index (χ2v) is 3.59. The summed E-state index contributed by atoms with van der Waals surface area (Å²) in [5.41, 5.74) is 0.362. The zero-order chi connectivity index (χ0) is 10.8. The standard InChI is InChI=1S/C11H21NO2/c1-3-4-5-6-7-8-14-11(13)9-10(2)12/h12H,3-9H2,1-2H3. The van der Waals surface area contributed by atoms with Gasteiger partial charge in [0.05, 0.1) is 13.0 Å². The molecule has 0 bridgehead atoms. The number of nitrogens with one attached hydrogen (secondary N) is 1. The summed E-state index contributed by atoms with van der Waals surface area (Å²) in [4.78, 5) is 11.0. The Bertz CT molecular complexity index is 178. The summed E-state index contributed by atoms with van der Waals surface area (Å²) in [5, 5.41) is 7.10. The van der Waals surface area contributed by atoms with E-state index in [0.717, 1.165) is 12.8 Å². The Morgan fingerprint density at radius 2 is 1.86 bits per heavy atom. The van der Waals surface area contributed by atoms with E-state index in [0.29, 0.717) is 12.3 Å². The molecule has 82 valence electrons. The minimum Gasteiger partial charge on any atom is -0.465 e. The van der Waals surface area contributed by atoms with Crippen LogP contribution in [0.25, 0.3) is 0 Å². The molecule has 3 heteroatoms. The van der Waals surface area contributed by atoms with E-state index in [1.807, 2.05) is 0 Å². The summed E-state index contributed by atoms with van der Waals surface area (Å²) in [7, 11) is 0. The Morgan fingerprint density at radius 1 is 1.21 bits per heavy atom. The molecule has 0 atom stereocenters. The van der Waals surface area contributed by atoms with Gasteiger partial charge >= 0.3 is 5.97 Å². The Morgan fingerprint density at radius 3 is 2.43 bits per heavy atom. The lowest BCUT2D eigenvalue weighted by Gasteiger charge is -2.03. The normalized spacial score (nSPS) is 9.86. The number of hydrogen-bond donors (Lipinski definition) is 1. The maximum Gasteiger partial charge on any atom is 0.311 e. The zero-order valence-corrected chi connectivity index (χ0v) is 9.27. The fraction of sp³-hybridized carbons (Fsp3) is 0.818. The predicted molar refractivity (Wildman–Crippen MR) is 57.7 cm³/mol. The van der Waals surface area contributed by atoms with Crippen LogP contribution in [0, 0.1) is 5.41 Å². The first-order valence-corrected chi connectivity index (χ1v) is 5.36. The first-order chi connectivity index (χ1) is 6.66. The molecule has 0 rings (SSSR count). The monoisotopic (exact) mass is 199 g/mol. The van der Waals surface area contributed by atoms with Crippen LogP contribution in [-0.4, -0.2) is 18.3 Å². The van der Waals surface area contributed by atoms with E-state index < -0.39 is 0 Å². The first kappa shape index (κ1) is 13.1. The average molecular weight is 199 g/mol. The fourth-order valence-electron chi connectivity index (χ4n) is 1.16. The average Bonchev–Trinajstić information content (AvgIpc) is 2.10. The third kappa shape index (κ3) is 9.23. The van der Waals surface area contributed by atoms with Crippen molar-refractivity contribution in [1.82, 2.24) is 0 Å². The predicted octanol–water partition coefficient (Wildman–Crippen LogP) is 2.93. The molecule has 0 saturated carbocycles. The number of ether oxygens (including phenoxy) is 1. The van der Waals surface area contributed by atoms with E-state index in [1.54, 1.807) is 6.92 Å². The highest BCUT2D eigenvalue weighted by Crippen LogP contribution is 2.02. The molecule has 14 heavy (non-hydrogen) atoms. The Hall–Kier alpha value is -0.860. The van der Waals surface area contributed by atoms with E-state index in [4.69, 9.17) is 10.1 Å². The van der Waals surface area contributed by atoms with Crippen molar-refractivity contribution in [2.45, 2.75) is 52.4 Å². The fourth-order valence-corrected chi connectivity index (χ4v) is 1.16. The van der Waals surface area contributed by atoms with Crippen LogP contribution in [0.1, 0.15) is 52.4 Å². The molecule has 0 aliphatic carbocycles. The molecule has 0 spiro atoms. The Labute approximate surface area is 86.3 Å². The third-order valence-electron chi connectivity index (χ3n) is 1.92. The number of carbonyl (C=O) groups excluding carboxylic acids is 1. The Kier molecular flexibility index (Phi) is 8.19. The van der Waals surface area contributed by atoms with Crippen LogP contribution in [0.3, 0.4) is 0 Å².